The highest BCUT2D eigenvalue weighted by Gasteiger charge is 2.14. The summed E-state index contributed by atoms with van der Waals surface area (Å²) in [7, 11) is 0. The lowest BCUT2D eigenvalue weighted by molar-refractivity contribution is 0.0942. The molecular formula is C20H17N3O2S. The third kappa shape index (κ3) is 3.23. The van der Waals surface area contributed by atoms with Crippen molar-refractivity contribution in [2.45, 2.75) is 20.4 Å². The quantitative estimate of drug-likeness (QED) is 0.580. The molecule has 26 heavy (non-hydrogen) atoms. The van der Waals surface area contributed by atoms with Crippen molar-refractivity contribution >= 4 is 27.5 Å². The number of benzene rings is 2. The number of aryl methyl sites for hydroxylation is 2. The molecule has 2 heterocycles. The monoisotopic (exact) mass is 363 g/mol. The van der Waals surface area contributed by atoms with E-state index in [0.29, 0.717) is 12.3 Å². The second-order valence-electron chi connectivity index (χ2n) is 6.13. The molecule has 4 rings (SSSR count). The summed E-state index contributed by atoms with van der Waals surface area (Å²) in [5, 5.41) is 7.60. The molecule has 2 aromatic carbocycles. The normalized spacial score (nSPS) is 11.0. The van der Waals surface area contributed by atoms with Crippen molar-refractivity contribution in [3.8, 4) is 11.3 Å². The maximum absolute atomic E-state index is 12.3. The number of rotatable bonds is 4. The lowest BCUT2D eigenvalue weighted by atomic mass is 10.0. The van der Waals surface area contributed by atoms with E-state index in [1.54, 1.807) is 17.4 Å². The van der Waals surface area contributed by atoms with Crippen LogP contribution in [0.1, 0.15) is 26.6 Å². The summed E-state index contributed by atoms with van der Waals surface area (Å²) in [6.45, 7) is 4.46. The number of amides is 1. The van der Waals surface area contributed by atoms with Gasteiger partial charge in [0, 0.05) is 11.6 Å². The number of nitrogens with zero attached hydrogens (tertiary/aromatic N) is 2. The van der Waals surface area contributed by atoms with Gasteiger partial charge in [-0.2, -0.15) is 0 Å². The molecule has 0 radical (unpaired) electrons. The third-order valence-electron chi connectivity index (χ3n) is 4.27. The van der Waals surface area contributed by atoms with Gasteiger partial charge in [0.25, 0.3) is 5.91 Å². The molecule has 1 N–H and O–H groups in total. The van der Waals surface area contributed by atoms with E-state index in [2.05, 4.69) is 22.4 Å². The van der Waals surface area contributed by atoms with Crippen LogP contribution in [0.4, 0.5) is 0 Å². The van der Waals surface area contributed by atoms with Gasteiger partial charge in [-0.15, -0.1) is 11.3 Å². The van der Waals surface area contributed by atoms with E-state index in [-0.39, 0.29) is 11.6 Å². The third-order valence-corrected chi connectivity index (χ3v) is 5.31. The van der Waals surface area contributed by atoms with Gasteiger partial charge in [-0.05, 0) is 43.2 Å². The number of thiazole rings is 1. The molecule has 0 aliphatic rings. The summed E-state index contributed by atoms with van der Waals surface area (Å²) in [5.41, 5.74) is 4.49. The number of nitrogens with one attached hydrogen (secondary N) is 1. The van der Waals surface area contributed by atoms with E-state index in [0.717, 1.165) is 20.8 Å². The minimum atomic E-state index is -0.275. The average Bonchev–Trinajstić information content (AvgIpc) is 3.28. The predicted molar refractivity (Wildman–Crippen MR) is 102 cm³/mol. The van der Waals surface area contributed by atoms with Crippen molar-refractivity contribution in [3.05, 3.63) is 70.4 Å². The van der Waals surface area contributed by atoms with Gasteiger partial charge in [0.15, 0.2) is 11.5 Å². The molecule has 5 nitrogen and oxygen atoms in total. The Morgan fingerprint density at radius 1 is 1.12 bits per heavy atom. The fourth-order valence-electron chi connectivity index (χ4n) is 2.65. The Kier molecular flexibility index (Phi) is 4.26. The predicted octanol–water partition coefficient (Wildman–Crippen LogP) is 4.50. The molecule has 0 saturated heterocycles. The molecular weight excluding hydrogens is 346 g/mol. The van der Waals surface area contributed by atoms with Crippen molar-refractivity contribution in [3.63, 3.8) is 0 Å². The van der Waals surface area contributed by atoms with Crippen LogP contribution < -0.4 is 5.32 Å². The fraction of sp³-hybridized carbons (Fsp3) is 0.150. The topological polar surface area (TPSA) is 68.0 Å². The average molecular weight is 363 g/mol. The highest BCUT2D eigenvalue weighted by molar-refractivity contribution is 7.18. The smallest absolute Gasteiger partial charge is 0.273 e. The van der Waals surface area contributed by atoms with Crippen molar-refractivity contribution in [2.75, 3.05) is 0 Å². The summed E-state index contributed by atoms with van der Waals surface area (Å²) >= 11 is 1.57. The van der Waals surface area contributed by atoms with Gasteiger partial charge in [-0.3, -0.25) is 4.79 Å². The number of para-hydroxylation sites is 1. The van der Waals surface area contributed by atoms with Crippen molar-refractivity contribution in [1.82, 2.24) is 15.5 Å². The number of fused-ring (bicyclic) bond motifs is 1. The van der Waals surface area contributed by atoms with E-state index in [1.807, 2.05) is 49.4 Å². The molecule has 0 fully saturated rings. The zero-order valence-electron chi connectivity index (χ0n) is 14.4. The molecule has 0 aliphatic carbocycles. The molecule has 1 amide bonds. The van der Waals surface area contributed by atoms with Crippen LogP contribution in [0.3, 0.4) is 0 Å². The van der Waals surface area contributed by atoms with Gasteiger partial charge < -0.3 is 9.84 Å². The molecule has 0 atom stereocenters. The highest BCUT2D eigenvalue weighted by Crippen LogP contribution is 2.24. The van der Waals surface area contributed by atoms with Gasteiger partial charge >= 0.3 is 0 Å². The first-order chi connectivity index (χ1) is 12.6. The van der Waals surface area contributed by atoms with E-state index in [4.69, 9.17) is 4.52 Å². The van der Waals surface area contributed by atoms with Crippen LogP contribution >= 0.6 is 11.3 Å². The van der Waals surface area contributed by atoms with E-state index in [1.165, 1.54) is 11.1 Å². The molecule has 0 bridgehead atoms. The molecule has 2 aromatic heterocycles. The molecule has 6 heteroatoms. The Labute approximate surface area is 154 Å². The first kappa shape index (κ1) is 16.5. The van der Waals surface area contributed by atoms with Crippen LogP contribution in [0.15, 0.2) is 53.1 Å². The van der Waals surface area contributed by atoms with E-state index < -0.39 is 0 Å². The zero-order valence-corrected chi connectivity index (χ0v) is 15.3. The first-order valence-electron chi connectivity index (χ1n) is 8.27. The Bertz CT molecular complexity index is 1060. The van der Waals surface area contributed by atoms with Crippen LogP contribution in [0, 0.1) is 13.8 Å². The summed E-state index contributed by atoms with van der Waals surface area (Å²) < 4.78 is 6.45. The maximum Gasteiger partial charge on any atom is 0.273 e. The van der Waals surface area contributed by atoms with Gasteiger partial charge in [-0.1, -0.05) is 29.4 Å². The lowest BCUT2D eigenvalue weighted by Crippen LogP contribution is -2.22. The lowest BCUT2D eigenvalue weighted by Gasteiger charge is -2.01. The number of carbonyl (C=O) groups is 1. The van der Waals surface area contributed by atoms with Gasteiger partial charge in [0.05, 0.1) is 16.8 Å². The van der Waals surface area contributed by atoms with Crippen LogP contribution in [-0.2, 0) is 6.54 Å². The molecule has 0 aliphatic heterocycles. The standard InChI is InChI=1S/C20H17N3O2S/c1-12-7-8-14(9-13(12)2)17-10-16(23-25-17)20(24)21-11-19-22-15-5-3-4-6-18(15)26-19/h3-10H,11H2,1-2H3,(H,21,24). The molecule has 0 unspecified atom stereocenters. The second kappa shape index (κ2) is 6.72. The largest absolute Gasteiger partial charge is 0.355 e. The van der Waals surface area contributed by atoms with Crippen molar-refractivity contribution in [1.29, 1.82) is 0 Å². The number of hydrogen-bond donors (Lipinski definition) is 1. The fourth-order valence-corrected chi connectivity index (χ4v) is 3.56. The van der Waals surface area contributed by atoms with Crippen LogP contribution in [0.5, 0.6) is 0 Å². The Morgan fingerprint density at radius 2 is 1.96 bits per heavy atom. The van der Waals surface area contributed by atoms with Crippen molar-refractivity contribution < 1.29 is 9.32 Å². The minimum Gasteiger partial charge on any atom is -0.355 e. The van der Waals surface area contributed by atoms with Crippen LogP contribution in [0.2, 0.25) is 0 Å². The number of hydrogen-bond acceptors (Lipinski definition) is 5. The van der Waals surface area contributed by atoms with Gasteiger partial charge in [0.2, 0.25) is 0 Å². The second-order valence-corrected chi connectivity index (χ2v) is 7.25. The minimum absolute atomic E-state index is 0.263. The van der Waals surface area contributed by atoms with Crippen molar-refractivity contribution in [2.24, 2.45) is 0 Å². The SMILES string of the molecule is Cc1ccc(-c2cc(C(=O)NCc3nc4ccccc4s3)no2)cc1C. The van der Waals surface area contributed by atoms with Gasteiger partial charge in [0.1, 0.15) is 5.01 Å². The Morgan fingerprint density at radius 3 is 2.77 bits per heavy atom. The van der Waals surface area contributed by atoms with Gasteiger partial charge in [-0.25, -0.2) is 4.98 Å². The van der Waals surface area contributed by atoms with Crippen LogP contribution in [0.25, 0.3) is 21.5 Å². The number of carbonyl (C=O) groups excluding carboxylic acids is 1. The summed E-state index contributed by atoms with van der Waals surface area (Å²) in [5.74, 6) is 0.307. The summed E-state index contributed by atoms with van der Waals surface area (Å²) in [6.07, 6.45) is 0. The van der Waals surface area contributed by atoms with Crippen LogP contribution in [-0.4, -0.2) is 16.0 Å². The highest BCUT2D eigenvalue weighted by atomic mass is 32.1. The Hall–Kier alpha value is -2.99. The summed E-state index contributed by atoms with van der Waals surface area (Å²) in [6, 6.07) is 15.6. The Balaban J connectivity index is 1.46. The number of aromatic nitrogens is 2. The molecule has 4 aromatic rings. The maximum atomic E-state index is 12.3. The zero-order chi connectivity index (χ0) is 18.1. The summed E-state index contributed by atoms with van der Waals surface area (Å²) in [4.78, 5) is 16.9. The van der Waals surface area contributed by atoms with E-state index in [9.17, 15) is 4.79 Å². The molecule has 0 saturated carbocycles. The molecule has 130 valence electrons. The van der Waals surface area contributed by atoms with E-state index >= 15 is 0 Å². The first-order valence-corrected chi connectivity index (χ1v) is 9.09. The molecule has 0 spiro atoms.